The molecule has 0 N–H and O–H groups in total. The molecule has 5 rings (SSSR count). The van der Waals surface area contributed by atoms with Gasteiger partial charge in [-0.2, -0.15) is 0 Å². The Labute approximate surface area is 139 Å². The van der Waals surface area contributed by atoms with E-state index in [-0.39, 0.29) is 5.41 Å². The molecule has 3 saturated carbocycles. The first-order chi connectivity index (χ1) is 11.0. The predicted octanol–water partition coefficient (Wildman–Crippen LogP) is 4.51. The molecule has 0 saturated heterocycles. The van der Waals surface area contributed by atoms with Crippen LogP contribution in [0.4, 0.5) is 0 Å². The molecule has 5 aliphatic carbocycles. The number of carbonyl (C=O) groups excluding carboxylic acids is 1. The fourth-order valence-corrected chi connectivity index (χ4v) is 7.13. The zero-order valence-corrected chi connectivity index (χ0v) is 14.6. The van der Waals surface area contributed by atoms with Gasteiger partial charge in [0.15, 0.2) is 0 Å². The first-order valence-electron chi connectivity index (χ1n) is 9.48. The molecular formula is C21H28O2. The quantitative estimate of drug-likeness (QED) is 0.712. The minimum Gasteiger partial charge on any atom is -0.501 e. The van der Waals surface area contributed by atoms with Gasteiger partial charge in [0.2, 0.25) is 0 Å². The Bertz CT molecular complexity index is 644. The summed E-state index contributed by atoms with van der Waals surface area (Å²) in [5.74, 6) is 5.10. The molecule has 0 heterocycles. The second-order valence-corrected chi connectivity index (χ2v) is 9.25. The summed E-state index contributed by atoms with van der Waals surface area (Å²) < 4.78 is 5.52. The minimum absolute atomic E-state index is 0.0125. The molecule has 0 aromatic carbocycles. The topological polar surface area (TPSA) is 26.3 Å². The van der Waals surface area contributed by atoms with E-state index in [2.05, 4.69) is 26.0 Å². The van der Waals surface area contributed by atoms with Crippen LogP contribution in [0.1, 0.15) is 52.4 Å². The number of hydrogen-bond acceptors (Lipinski definition) is 2. The van der Waals surface area contributed by atoms with E-state index in [1.807, 2.05) is 0 Å². The maximum Gasteiger partial charge on any atom is 0.142 e. The van der Waals surface area contributed by atoms with E-state index in [9.17, 15) is 4.79 Å². The van der Waals surface area contributed by atoms with Gasteiger partial charge >= 0.3 is 0 Å². The highest BCUT2D eigenvalue weighted by Gasteiger charge is 2.69. The normalized spacial score (nSPS) is 53.3. The molecule has 3 fully saturated rings. The summed E-state index contributed by atoms with van der Waals surface area (Å²) in [5.41, 5.74) is 1.84. The van der Waals surface area contributed by atoms with Gasteiger partial charge in [-0.1, -0.05) is 19.9 Å². The molecule has 7 atom stereocenters. The van der Waals surface area contributed by atoms with Crippen molar-refractivity contribution in [1.29, 1.82) is 0 Å². The summed E-state index contributed by atoms with van der Waals surface area (Å²) in [6.07, 6.45) is 11.8. The lowest BCUT2D eigenvalue weighted by Crippen LogP contribution is -2.50. The zero-order chi connectivity index (χ0) is 16.0. The highest BCUT2D eigenvalue weighted by molar-refractivity contribution is 5.92. The molecule has 0 aromatic rings. The van der Waals surface area contributed by atoms with Crippen molar-refractivity contribution >= 4 is 5.78 Å². The van der Waals surface area contributed by atoms with Crippen LogP contribution in [0.25, 0.3) is 0 Å². The van der Waals surface area contributed by atoms with Gasteiger partial charge in [0.25, 0.3) is 0 Å². The van der Waals surface area contributed by atoms with E-state index in [4.69, 9.17) is 4.74 Å². The molecule has 0 unspecified atom stereocenters. The third-order valence-corrected chi connectivity index (χ3v) is 8.45. The highest BCUT2D eigenvalue weighted by atomic mass is 16.5. The second kappa shape index (κ2) is 4.32. The molecule has 2 nitrogen and oxygen atoms in total. The third kappa shape index (κ3) is 1.63. The number of allylic oxidation sites excluding steroid dienone is 4. The van der Waals surface area contributed by atoms with Gasteiger partial charge in [-0.3, -0.25) is 4.79 Å². The smallest absolute Gasteiger partial charge is 0.142 e. The van der Waals surface area contributed by atoms with E-state index in [1.54, 1.807) is 7.11 Å². The first kappa shape index (κ1) is 14.3. The molecule has 0 aliphatic heterocycles. The summed E-state index contributed by atoms with van der Waals surface area (Å²) in [5, 5.41) is 0. The van der Waals surface area contributed by atoms with Crippen LogP contribution < -0.4 is 0 Å². The Morgan fingerprint density at radius 2 is 2.00 bits per heavy atom. The molecule has 5 aliphatic rings. The van der Waals surface area contributed by atoms with Crippen LogP contribution in [-0.4, -0.2) is 12.9 Å². The Morgan fingerprint density at radius 3 is 2.78 bits per heavy atom. The Kier molecular flexibility index (Phi) is 2.69. The van der Waals surface area contributed by atoms with Crippen LogP contribution in [0.3, 0.4) is 0 Å². The van der Waals surface area contributed by atoms with Crippen molar-refractivity contribution in [3.63, 3.8) is 0 Å². The largest absolute Gasteiger partial charge is 0.501 e. The predicted molar refractivity (Wildman–Crippen MR) is 89.5 cm³/mol. The zero-order valence-electron chi connectivity index (χ0n) is 14.6. The number of hydrogen-bond donors (Lipinski definition) is 0. The molecule has 124 valence electrons. The Morgan fingerprint density at radius 1 is 1.17 bits per heavy atom. The SMILES string of the molecule is COC1=CC2=CC[C@H]3[C@@H]4[C@H]5C[C@@H]5C(=O)[C@@]4(C)CC[C@@H]3[C@@]2(C)CC1. The fraction of sp³-hybridized carbons (Fsp3) is 0.762. The minimum atomic E-state index is 0.0125. The van der Waals surface area contributed by atoms with E-state index < -0.39 is 0 Å². The van der Waals surface area contributed by atoms with Crippen molar-refractivity contribution in [2.45, 2.75) is 52.4 Å². The average Bonchev–Trinajstić information content (AvgIpc) is 3.28. The lowest BCUT2D eigenvalue weighted by Gasteiger charge is -2.56. The number of methoxy groups -OCH3 is 1. The van der Waals surface area contributed by atoms with Crippen molar-refractivity contribution in [1.82, 2.24) is 0 Å². The highest BCUT2D eigenvalue weighted by Crippen LogP contribution is 2.71. The number of ketones is 1. The second-order valence-electron chi connectivity index (χ2n) is 9.25. The van der Waals surface area contributed by atoms with Crippen LogP contribution in [-0.2, 0) is 9.53 Å². The van der Waals surface area contributed by atoms with Crippen molar-refractivity contribution in [2.24, 2.45) is 40.4 Å². The maximum absolute atomic E-state index is 12.8. The number of fused-ring (bicyclic) bond motifs is 7. The summed E-state index contributed by atoms with van der Waals surface area (Å²) in [6.45, 7) is 4.79. The van der Waals surface area contributed by atoms with Crippen molar-refractivity contribution in [3.05, 3.63) is 23.5 Å². The summed E-state index contributed by atoms with van der Waals surface area (Å²) in [6, 6.07) is 0. The lowest BCUT2D eigenvalue weighted by atomic mass is 9.48. The third-order valence-electron chi connectivity index (χ3n) is 8.45. The number of rotatable bonds is 1. The summed E-state index contributed by atoms with van der Waals surface area (Å²) in [7, 11) is 1.80. The Balaban J connectivity index is 1.54. The number of ether oxygens (including phenoxy) is 1. The fourth-order valence-electron chi connectivity index (χ4n) is 7.13. The van der Waals surface area contributed by atoms with Crippen LogP contribution in [0.5, 0.6) is 0 Å². The van der Waals surface area contributed by atoms with Gasteiger partial charge in [-0.05, 0) is 72.8 Å². The Hall–Kier alpha value is -1.05. The van der Waals surface area contributed by atoms with Crippen LogP contribution in [0.15, 0.2) is 23.5 Å². The monoisotopic (exact) mass is 312 g/mol. The van der Waals surface area contributed by atoms with Gasteiger partial charge in [-0.25, -0.2) is 0 Å². The average molecular weight is 312 g/mol. The van der Waals surface area contributed by atoms with E-state index in [1.165, 1.54) is 31.3 Å². The van der Waals surface area contributed by atoms with Crippen molar-refractivity contribution in [3.8, 4) is 0 Å². The standard InChI is InChI=1S/C21H28O2/c1-20-8-6-13(23-3)10-12(20)4-5-14-17(20)7-9-21(2)18(14)15-11-16(15)19(21)22/h4,10,14-18H,5-9,11H2,1-3H3/t14-,15+,16+,17+,18-,20+,21+/m1/s1. The molecular weight excluding hydrogens is 284 g/mol. The lowest BCUT2D eigenvalue weighted by molar-refractivity contribution is -0.135. The molecule has 0 radical (unpaired) electrons. The van der Waals surface area contributed by atoms with Gasteiger partial charge in [0.1, 0.15) is 5.78 Å². The van der Waals surface area contributed by atoms with E-state index in [0.717, 1.165) is 36.4 Å². The summed E-state index contributed by atoms with van der Waals surface area (Å²) in [4.78, 5) is 12.8. The first-order valence-corrected chi connectivity index (χ1v) is 9.48. The molecule has 0 aromatic heterocycles. The van der Waals surface area contributed by atoms with Crippen molar-refractivity contribution < 1.29 is 9.53 Å². The molecule has 0 amide bonds. The van der Waals surface area contributed by atoms with Crippen molar-refractivity contribution in [2.75, 3.05) is 7.11 Å². The van der Waals surface area contributed by atoms with Gasteiger partial charge in [0.05, 0.1) is 12.9 Å². The molecule has 0 bridgehead atoms. The summed E-state index contributed by atoms with van der Waals surface area (Å²) >= 11 is 0. The molecule has 23 heavy (non-hydrogen) atoms. The van der Waals surface area contributed by atoms with E-state index in [0.29, 0.717) is 23.0 Å². The molecule has 2 heteroatoms. The van der Waals surface area contributed by atoms with Gasteiger partial charge < -0.3 is 4.74 Å². The van der Waals surface area contributed by atoms with Crippen LogP contribution in [0.2, 0.25) is 0 Å². The number of carbonyl (C=O) groups is 1. The molecule has 0 spiro atoms. The van der Waals surface area contributed by atoms with Gasteiger partial charge in [-0.15, -0.1) is 0 Å². The number of Topliss-reactive ketones (excluding diaryl/α,β-unsaturated/α-hetero) is 1. The van der Waals surface area contributed by atoms with Crippen LogP contribution >= 0.6 is 0 Å². The maximum atomic E-state index is 12.8. The van der Waals surface area contributed by atoms with Gasteiger partial charge in [0, 0.05) is 17.8 Å². The van der Waals surface area contributed by atoms with E-state index >= 15 is 0 Å². The van der Waals surface area contributed by atoms with Crippen LogP contribution in [0, 0.1) is 40.4 Å².